The van der Waals surface area contributed by atoms with Gasteiger partial charge in [-0.25, -0.2) is 13.4 Å². The molecule has 19 heavy (non-hydrogen) atoms. The smallest absolute Gasteiger partial charge is 0.243 e. The molecule has 2 heterocycles. The molecule has 0 N–H and O–H groups in total. The van der Waals surface area contributed by atoms with Gasteiger partial charge >= 0.3 is 0 Å². The molecule has 1 aliphatic heterocycles. The van der Waals surface area contributed by atoms with Crippen molar-refractivity contribution in [3.05, 3.63) is 23.5 Å². The first-order chi connectivity index (χ1) is 9.09. The normalized spacial score (nSPS) is 28.3. The third-order valence-electron chi connectivity index (χ3n) is 4.27. The van der Waals surface area contributed by atoms with Crippen LogP contribution in [-0.4, -0.2) is 30.3 Å². The van der Waals surface area contributed by atoms with Gasteiger partial charge in [0.1, 0.15) is 10.0 Å². The summed E-state index contributed by atoms with van der Waals surface area (Å²) in [6, 6.07) is 3.26. The van der Waals surface area contributed by atoms with Crippen LogP contribution in [0.25, 0.3) is 0 Å². The number of rotatable bonds is 2. The predicted octanol–water partition coefficient (Wildman–Crippen LogP) is 2.69. The lowest BCUT2D eigenvalue weighted by molar-refractivity contribution is 0.260. The van der Waals surface area contributed by atoms with Crippen molar-refractivity contribution in [3.8, 4) is 0 Å². The highest BCUT2D eigenvalue weighted by Crippen LogP contribution is 2.38. The summed E-state index contributed by atoms with van der Waals surface area (Å²) in [4.78, 5) is 4.13. The van der Waals surface area contributed by atoms with Gasteiger partial charge in [-0.05, 0) is 37.3 Å². The minimum atomic E-state index is -3.41. The maximum Gasteiger partial charge on any atom is 0.244 e. The molecule has 4 nitrogen and oxygen atoms in total. The van der Waals surface area contributed by atoms with Crippen LogP contribution in [-0.2, 0) is 10.0 Å². The van der Waals surface area contributed by atoms with E-state index in [1.54, 1.807) is 10.4 Å². The van der Waals surface area contributed by atoms with Crippen LogP contribution >= 0.6 is 11.6 Å². The van der Waals surface area contributed by atoms with Gasteiger partial charge in [-0.1, -0.05) is 24.4 Å². The molecular weight excluding hydrogens is 284 g/mol. The SMILES string of the molecule is O=S(=O)(c1ccc(Cl)nc1)N1CCC2CCCCC21. The zero-order valence-electron chi connectivity index (χ0n) is 10.6. The van der Waals surface area contributed by atoms with E-state index in [4.69, 9.17) is 11.6 Å². The van der Waals surface area contributed by atoms with Crippen LogP contribution in [0.2, 0.25) is 5.15 Å². The van der Waals surface area contributed by atoms with Crippen molar-refractivity contribution in [2.24, 2.45) is 5.92 Å². The molecule has 2 unspecified atom stereocenters. The molecule has 0 aromatic carbocycles. The monoisotopic (exact) mass is 300 g/mol. The number of aromatic nitrogens is 1. The summed E-state index contributed by atoms with van der Waals surface area (Å²) >= 11 is 5.71. The highest BCUT2D eigenvalue weighted by molar-refractivity contribution is 7.89. The molecule has 1 saturated carbocycles. The Morgan fingerprint density at radius 3 is 2.74 bits per heavy atom. The lowest BCUT2D eigenvalue weighted by Crippen LogP contribution is -2.39. The zero-order chi connectivity index (χ0) is 13.5. The van der Waals surface area contributed by atoms with Gasteiger partial charge in [-0.3, -0.25) is 0 Å². The van der Waals surface area contributed by atoms with Crippen molar-refractivity contribution in [2.75, 3.05) is 6.54 Å². The standard InChI is InChI=1S/C13H17ClN2O2S/c14-13-6-5-11(9-15-13)19(17,18)16-8-7-10-3-1-2-4-12(10)16/h5-6,9-10,12H,1-4,7-8H2. The fourth-order valence-electron chi connectivity index (χ4n) is 3.31. The Morgan fingerprint density at radius 1 is 1.21 bits per heavy atom. The van der Waals surface area contributed by atoms with E-state index in [-0.39, 0.29) is 10.9 Å². The molecule has 2 atom stereocenters. The molecule has 0 radical (unpaired) electrons. The largest absolute Gasteiger partial charge is 0.244 e. The lowest BCUT2D eigenvalue weighted by Gasteiger charge is -2.30. The van der Waals surface area contributed by atoms with Gasteiger partial charge in [0.05, 0.1) is 0 Å². The summed E-state index contributed by atoms with van der Waals surface area (Å²) in [5.41, 5.74) is 0. The lowest BCUT2D eigenvalue weighted by atomic mass is 9.86. The van der Waals surface area contributed by atoms with Gasteiger partial charge < -0.3 is 0 Å². The van der Waals surface area contributed by atoms with Crippen LogP contribution in [0, 0.1) is 5.92 Å². The molecule has 1 aliphatic carbocycles. The molecule has 1 aromatic rings. The Hall–Kier alpha value is -0.650. The molecule has 1 aromatic heterocycles. The summed E-state index contributed by atoms with van der Waals surface area (Å²) in [5.74, 6) is 0.545. The minimum absolute atomic E-state index is 0.189. The van der Waals surface area contributed by atoms with Gasteiger partial charge in [-0.2, -0.15) is 4.31 Å². The average Bonchev–Trinajstić information content (AvgIpc) is 2.83. The van der Waals surface area contributed by atoms with Gasteiger partial charge in [0.25, 0.3) is 0 Å². The summed E-state index contributed by atoms with van der Waals surface area (Å²) in [6.07, 6.45) is 6.86. The second-order valence-corrected chi connectivity index (χ2v) is 7.61. The third-order valence-corrected chi connectivity index (χ3v) is 6.40. The minimum Gasteiger partial charge on any atom is -0.243 e. The van der Waals surface area contributed by atoms with Crippen molar-refractivity contribution >= 4 is 21.6 Å². The van der Waals surface area contributed by atoms with Gasteiger partial charge in [0, 0.05) is 18.8 Å². The summed E-state index contributed by atoms with van der Waals surface area (Å²) in [5, 5.41) is 0.316. The molecule has 0 bridgehead atoms. The molecule has 104 valence electrons. The Morgan fingerprint density at radius 2 is 2.00 bits per heavy atom. The molecular formula is C13H17ClN2O2S. The summed E-state index contributed by atoms with van der Waals surface area (Å²) in [6.45, 7) is 0.639. The number of halogens is 1. The number of hydrogen-bond donors (Lipinski definition) is 0. The third kappa shape index (κ3) is 2.39. The number of pyridine rings is 1. The summed E-state index contributed by atoms with van der Waals surface area (Å²) in [7, 11) is -3.41. The van der Waals surface area contributed by atoms with E-state index in [1.807, 2.05) is 0 Å². The Kier molecular flexibility index (Phi) is 3.53. The van der Waals surface area contributed by atoms with E-state index >= 15 is 0 Å². The second-order valence-electron chi connectivity index (χ2n) is 5.33. The van der Waals surface area contributed by atoms with E-state index in [9.17, 15) is 8.42 Å². The van der Waals surface area contributed by atoms with Crippen LogP contribution in [0.4, 0.5) is 0 Å². The van der Waals surface area contributed by atoms with E-state index in [0.29, 0.717) is 17.6 Å². The van der Waals surface area contributed by atoms with Crippen molar-refractivity contribution in [3.63, 3.8) is 0 Å². The Labute approximate surface area is 118 Å². The number of nitrogens with zero attached hydrogens (tertiary/aromatic N) is 2. The van der Waals surface area contributed by atoms with Crippen LogP contribution in [0.15, 0.2) is 23.2 Å². The molecule has 0 amide bonds. The highest BCUT2D eigenvalue weighted by Gasteiger charge is 2.42. The number of fused-ring (bicyclic) bond motifs is 1. The Bertz CT molecular complexity index is 559. The van der Waals surface area contributed by atoms with Gasteiger partial charge in [0.2, 0.25) is 10.0 Å². The second kappa shape index (κ2) is 5.04. The molecule has 1 saturated heterocycles. The molecule has 2 aliphatic rings. The molecule has 0 spiro atoms. The first-order valence-electron chi connectivity index (χ1n) is 6.72. The van der Waals surface area contributed by atoms with Crippen LogP contribution < -0.4 is 0 Å². The fraction of sp³-hybridized carbons (Fsp3) is 0.615. The maximum absolute atomic E-state index is 12.6. The van der Waals surface area contributed by atoms with Crippen molar-refractivity contribution in [2.45, 2.75) is 43.0 Å². The van der Waals surface area contributed by atoms with Gasteiger partial charge in [0.15, 0.2) is 0 Å². The van der Waals surface area contributed by atoms with Gasteiger partial charge in [-0.15, -0.1) is 0 Å². The molecule has 6 heteroatoms. The van der Waals surface area contributed by atoms with Crippen LogP contribution in [0.1, 0.15) is 32.1 Å². The van der Waals surface area contributed by atoms with Crippen molar-refractivity contribution in [1.82, 2.24) is 9.29 Å². The maximum atomic E-state index is 12.6. The predicted molar refractivity (Wildman–Crippen MR) is 73.5 cm³/mol. The Balaban J connectivity index is 1.90. The first kappa shape index (κ1) is 13.3. The molecule has 3 rings (SSSR count). The van der Waals surface area contributed by atoms with E-state index in [0.717, 1.165) is 25.7 Å². The number of hydrogen-bond acceptors (Lipinski definition) is 3. The zero-order valence-corrected chi connectivity index (χ0v) is 12.2. The summed E-state index contributed by atoms with van der Waals surface area (Å²) < 4.78 is 27.0. The van der Waals surface area contributed by atoms with E-state index in [2.05, 4.69) is 4.98 Å². The van der Waals surface area contributed by atoms with Crippen molar-refractivity contribution < 1.29 is 8.42 Å². The van der Waals surface area contributed by atoms with Crippen LogP contribution in [0.5, 0.6) is 0 Å². The van der Waals surface area contributed by atoms with Crippen molar-refractivity contribution in [1.29, 1.82) is 0 Å². The first-order valence-corrected chi connectivity index (χ1v) is 8.54. The molecule has 2 fully saturated rings. The average molecular weight is 301 g/mol. The fourth-order valence-corrected chi connectivity index (χ4v) is 5.10. The van der Waals surface area contributed by atoms with E-state index in [1.165, 1.54) is 18.7 Å². The number of sulfonamides is 1. The highest BCUT2D eigenvalue weighted by atomic mass is 35.5. The van der Waals surface area contributed by atoms with Crippen LogP contribution in [0.3, 0.4) is 0 Å². The topological polar surface area (TPSA) is 50.3 Å². The quantitative estimate of drug-likeness (QED) is 0.789. The van der Waals surface area contributed by atoms with E-state index < -0.39 is 10.0 Å².